The normalized spacial score (nSPS) is 18.4. The maximum Gasteiger partial charge on any atom is 0.252 e. The van der Waals surface area contributed by atoms with Crippen LogP contribution in [0.5, 0.6) is 11.6 Å². The van der Waals surface area contributed by atoms with Gasteiger partial charge in [-0.1, -0.05) is 11.8 Å². The van der Waals surface area contributed by atoms with Crippen LogP contribution in [0.1, 0.15) is 61.9 Å². The Kier molecular flexibility index (Phi) is 7.53. The number of carbonyl (C=O) groups is 2. The molecule has 180 valence electrons. The molecule has 1 atom stereocenters. The van der Waals surface area contributed by atoms with Crippen molar-refractivity contribution in [2.45, 2.75) is 58.1 Å². The molecular weight excluding hydrogens is 434 g/mol. The molecule has 8 heteroatoms. The monoisotopic (exact) mass is 465 g/mol. The lowest BCUT2D eigenvalue weighted by atomic mass is 9.96. The van der Waals surface area contributed by atoms with Gasteiger partial charge in [0.2, 0.25) is 11.8 Å². The van der Waals surface area contributed by atoms with E-state index >= 15 is 0 Å². The van der Waals surface area contributed by atoms with E-state index in [9.17, 15) is 9.59 Å². The molecule has 0 bridgehead atoms. The first-order valence-corrected chi connectivity index (χ1v) is 11.8. The second-order valence-electron chi connectivity index (χ2n) is 9.08. The van der Waals surface area contributed by atoms with E-state index in [-0.39, 0.29) is 23.6 Å². The predicted octanol–water partition coefficient (Wildman–Crippen LogP) is 2.95. The average Bonchev–Trinajstić information content (AvgIpc) is 3.23. The number of hydrogen-bond donors (Lipinski definition) is 2. The van der Waals surface area contributed by atoms with Gasteiger partial charge < -0.3 is 25.3 Å². The number of nitrogens with zero attached hydrogens (tertiary/aromatic N) is 1. The summed E-state index contributed by atoms with van der Waals surface area (Å²) >= 11 is 0. The maximum atomic E-state index is 12.2. The number of amides is 2. The van der Waals surface area contributed by atoms with Crippen molar-refractivity contribution in [3.63, 3.8) is 0 Å². The average molecular weight is 466 g/mol. The highest BCUT2D eigenvalue weighted by molar-refractivity contribution is 6.03. The van der Waals surface area contributed by atoms with E-state index in [1.165, 1.54) is 0 Å². The molecule has 0 spiro atoms. The Morgan fingerprint density at radius 3 is 2.74 bits per heavy atom. The van der Waals surface area contributed by atoms with Crippen LogP contribution >= 0.6 is 0 Å². The lowest BCUT2D eigenvalue weighted by Gasteiger charge is -2.19. The lowest BCUT2D eigenvalue weighted by Crippen LogP contribution is -2.31. The molecule has 1 unspecified atom stereocenters. The van der Waals surface area contributed by atoms with E-state index < -0.39 is 5.91 Å². The molecule has 2 amide bonds. The Morgan fingerprint density at radius 1 is 1.26 bits per heavy atom. The van der Waals surface area contributed by atoms with Gasteiger partial charge in [-0.25, -0.2) is 4.98 Å². The quantitative estimate of drug-likeness (QED) is 0.608. The minimum atomic E-state index is -0.577. The fraction of sp³-hybridized carbons (Fsp3) is 0.500. The summed E-state index contributed by atoms with van der Waals surface area (Å²) in [5.74, 6) is 7.26. The van der Waals surface area contributed by atoms with E-state index in [1.54, 1.807) is 18.3 Å². The van der Waals surface area contributed by atoms with Crippen molar-refractivity contribution in [1.29, 1.82) is 0 Å². The number of fused-ring (bicyclic) bond motifs is 1. The van der Waals surface area contributed by atoms with Gasteiger partial charge in [0, 0.05) is 43.0 Å². The summed E-state index contributed by atoms with van der Waals surface area (Å²) in [6, 6.07) is 3.40. The van der Waals surface area contributed by atoms with Crippen LogP contribution < -0.4 is 20.5 Å². The number of carbonyl (C=O) groups excluding carboxylic acids is 2. The Balaban J connectivity index is 1.69. The van der Waals surface area contributed by atoms with Crippen molar-refractivity contribution >= 4 is 22.6 Å². The van der Waals surface area contributed by atoms with Crippen LogP contribution in [0.4, 0.5) is 0 Å². The molecule has 4 rings (SSSR count). The second kappa shape index (κ2) is 10.7. The summed E-state index contributed by atoms with van der Waals surface area (Å²) in [4.78, 5) is 28.2. The Hall–Kier alpha value is -3.31. The third kappa shape index (κ3) is 5.78. The molecule has 2 fully saturated rings. The lowest BCUT2D eigenvalue weighted by molar-refractivity contribution is -0.119. The van der Waals surface area contributed by atoms with Crippen molar-refractivity contribution in [3.05, 3.63) is 29.5 Å². The van der Waals surface area contributed by atoms with Gasteiger partial charge >= 0.3 is 0 Å². The van der Waals surface area contributed by atoms with Crippen LogP contribution in [0.15, 0.2) is 18.3 Å². The SMILES string of the molecule is CC(C)Oc1cc2c(OCC3CCC(=O)N3)ncc(C#CCC3CCOCC3)c2cc1C(N)=O. The molecule has 34 heavy (non-hydrogen) atoms. The van der Waals surface area contributed by atoms with Crippen LogP contribution in [0.2, 0.25) is 0 Å². The van der Waals surface area contributed by atoms with Gasteiger partial charge in [-0.3, -0.25) is 9.59 Å². The van der Waals surface area contributed by atoms with Gasteiger partial charge in [-0.05, 0) is 51.2 Å². The topological polar surface area (TPSA) is 113 Å². The highest BCUT2D eigenvalue weighted by Gasteiger charge is 2.23. The number of primary amides is 1. The molecule has 1 aromatic carbocycles. The highest BCUT2D eigenvalue weighted by Crippen LogP contribution is 2.33. The van der Waals surface area contributed by atoms with Crippen LogP contribution in [-0.2, 0) is 9.53 Å². The fourth-order valence-corrected chi connectivity index (χ4v) is 4.22. The van der Waals surface area contributed by atoms with Crippen molar-refractivity contribution in [2.24, 2.45) is 11.7 Å². The van der Waals surface area contributed by atoms with Gasteiger partial charge in [0.05, 0.1) is 23.3 Å². The molecule has 0 saturated carbocycles. The van der Waals surface area contributed by atoms with Crippen molar-refractivity contribution in [2.75, 3.05) is 19.8 Å². The van der Waals surface area contributed by atoms with Crippen molar-refractivity contribution in [1.82, 2.24) is 10.3 Å². The molecule has 2 aliphatic heterocycles. The fourth-order valence-electron chi connectivity index (χ4n) is 4.22. The zero-order chi connectivity index (χ0) is 24.1. The third-order valence-electron chi connectivity index (χ3n) is 6.04. The standard InChI is InChI=1S/C26H31N3O5/c1-16(2)34-23-13-21-20(12-22(23)25(27)31)18(5-3-4-17-8-10-32-11-9-17)14-28-26(21)33-15-19-6-7-24(30)29-19/h12-14,16-17,19H,4,6-11,15H2,1-2H3,(H2,27,31)(H,29,30). The summed E-state index contributed by atoms with van der Waals surface area (Å²) < 4.78 is 17.3. The van der Waals surface area contributed by atoms with Crippen LogP contribution in [0.25, 0.3) is 10.8 Å². The smallest absolute Gasteiger partial charge is 0.252 e. The van der Waals surface area contributed by atoms with E-state index in [4.69, 9.17) is 19.9 Å². The van der Waals surface area contributed by atoms with Gasteiger partial charge in [0.1, 0.15) is 12.4 Å². The highest BCUT2D eigenvalue weighted by atomic mass is 16.5. The number of ether oxygens (including phenoxy) is 3. The molecule has 3 N–H and O–H groups in total. The molecule has 3 heterocycles. The Morgan fingerprint density at radius 2 is 2.06 bits per heavy atom. The van der Waals surface area contributed by atoms with Gasteiger partial charge in [0.15, 0.2) is 0 Å². The molecule has 0 radical (unpaired) electrons. The first-order chi connectivity index (χ1) is 16.4. The minimum absolute atomic E-state index is 0.0280. The third-order valence-corrected chi connectivity index (χ3v) is 6.04. The second-order valence-corrected chi connectivity index (χ2v) is 9.08. The largest absolute Gasteiger partial charge is 0.490 e. The number of aromatic nitrogens is 1. The number of hydrogen-bond acceptors (Lipinski definition) is 6. The van der Waals surface area contributed by atoms with Gasteiger partial charge in [-0.15, -0.1) is 0 Å². The van der Waals surface area contributed by atoms with Crippen LogP contribution in [0, 0.1) is 17.8 Å². The van der Waals surface area contributed by atoms with Gasteiger partial charge in [0.25, 0.3) is 5.91 Å². The Labute approximate surface area is 199 Å². The zero-order valence-electron chi connectivity index (χ0n) is 19.7. The Bertz CT molecular complexity index is 1130. The zero-order valence-corrected chi connectivity index (χ0v) is 19.7. The number of nitrogens with one attached hydrogen (secondary N) is 1. The van der Waals surface area contributed by atoms with E-state index in [2.05, 4.69) is 22.1 Å². The molecule has 1 aromatic heterocycles. The van der Waals surface area contributed by atoms with Crippen molar-refractivity contribution in [3.8, 4) is 23.5 Å². The first kappa shape index (κ1) is 23.8. The van der Waals surface area contributed by atoms with E-state index in [1.807, 2.05) is 13.8 Å². The molecule has 0 aliphatic carbocycles. The van der Waals surface area contributed by atoms with Crippen LogP contribution in [0.3, 0.4) is 0 Å². The number of benzene rings is 1. The molecule has 2 aliphatic rings. The summed E-state index contributed by atoms with van der Waals surface area (Å²) in [5, 5.41) is 4.31. The number of rotatable bonds is 7. The van der Waals surface area contributed by atoms with Crippen molar-refractivity contribution < 1.29 is 23.8 Å². The number of nitrogens with two attached hydrogens (primary N) is 1. The number of pyridine rings is 1. The van der Waals surface area contributed by atoms with E-state index in [0.717, 1.165) is 44.3 Å². The predicted molar refractivity (Wildman–Crippen MR) is 128 cm³/mol. The summed E-state index contributed by atoms with van der Waals surface area (Å²) in [6.07, 6.45) is 5.54. The molecule has 2 aromatic rings. The van der Waals surface area contributed by atoms with E-state index in [0.29, 0.717) is 41.5 Å². The summed E-state index contributed by atoms with van der Waals surface area (Å²) in [6.45, 7) is 5.63. The van der Waals surface area contributed by atoms with Crippen LogP contribution in [-0.4, -0.2) is 48.8 Å². The summed E-state index contributed by atoms with van der Waals surface area (Å²) in [7, 11) is 0. The molecule has 2 saturated heterocycles. The van der Waals surface area contributed by atoms with Gasteiger partial charge in [-0.2, -0.15) is 0 Å². The first-order valence-electron chi connectivity index (χ1n) is 11.8. The molecule has 8 nitrogen and oxygen atoms in total. The maximum absolute atomic E-state index is 12.2. The minimum Gasteiger partial charge on any atom is -0.490 e. The summed E-state index contributed by atoms with van der Waals surface area (Å²) in [5.41, 5.74) is 6.65. The molecular formula is C26H31N3O5.